The van der Waals surface area contributed by atoms with Crippen LogP contribution in [0.3, 0.4) is 0 Å². The summed E-state index contributed by atoms with van der Waals surface area (Å²) in [7, 11) is 0. The van der Waals surface area contributed by atoms with E-state index < -0.39 is 11.8 Å². The molecule has 178 valence electrons. The Kier molecular flexibility index (Phi) is 7.10. The van der Waals surface area contributed by atoms with Gasteiger partial charge in [0.25, 0.3) is 17.7 Å². The third kappa shape index (κ3) is 5.16. The van der Waals surface area contributed by atoms with Crippen molar-refractivity contribution >= 4 is 81.2 Å². The molecule has 1 heterocycles. The highest BCUT2D eigenvalue weighted by molar-refractivity contribution is 6.54. The second-order valence-corrected chi connectivity index (χ2v) is 9.48. The van der Waals surface area contributed by atoms with Crippen LogP contribution in [-0.2, 0) is 9.59 Å². The normalized spacial score (nSPS) is 13.5. The lowest BCUT2D eigenvalue weighted by Crippen LogP contribution is -2.32. The Bertz CT molecular complexity index is 1400. The summed E-state index contributed by atoms with van der Waals surface area (Å²) in [5, 5.41) is 5.76. The van der Waals surface area contributed by atoms with Crippen LogP contribution in [0.25, 0.3) is 0 Å². The van der Waals surface area contributed by atoms with Crippen LogP contribution in [-0.4, -0.2) is 17.7 Å². The SMILES string of the molecule is Cc1cc(C)cc(NC(=O)c2ccc(NC3=C(Cl)C(=O)N(c4cc(Cl)c(Cl)cc4Cl)C3=O)cc2)c1. The first kappa shape index (κ1) is 25.1. The molecule has 1 aliphatic heterocycles. The van der Waals surface area contributed by atoms with Gasteiger partial charge in [-0.05, 0) is 73.5 Å². The van der Waals surface area contributed by atoms with E-state index in [1.165, 1.54) is 12.1 Å². The maximum atomic E-state index is 13.0. The Balaban J connectivity index is 1.51. The van der Waals surface area contributed by atoms with Gasteiger partial charge in [0.15, 0.2) is 0 Å². The lowest BCUT2D eigenvalue weighted by Gasteiger charge is -2.17. The van der Waals surface area contributed by atoms with Crippen LogP contribution in [0.5, 0.6) is 0 Å². The first-order chi connectivity index (χ1) is 16.5. The van der Waals surface area contributed by atoms with Gasteiger partial charge in [0.1, 0.15) is 10.7 Å². The molecule has 0 fully saturated rings. The van der Waals surface area contributed by atoms with E-state index in [1.54, 1.807) is 24.3 Å². The van der Waals surface area contributed by atoms with Gasteiger partial charge >= 0.3 is 0 Å². The Morgan fingerprint density at radius 1 is 0.743 bits per heavy atom. The largest absolute Gasteiger partial charge is 0.350 e. The number of hydrogen-bond acceptors (Lipinski definition) is 4. The van der Waals surface area contributed by atoms with Gasteiger partial charge in [-0.1, -0.05) is 52.5 Å². The van der Waals surface area contributed by atoms with E-state index in [4.69, 9.17) is 46.4 Å². The molecule has 3 aromatic rings. The Hall–Kier alpha value is -3.03. The molecule has 0 radical (unpaired) electrons. The van der Waals surface area contributed by atoms with E-state index in [-0.39, 0.29) is 37.4 Å². The van der Waals surface area contributed by atoms with Crippen LogP contribution >= 0.6 is 46.4 Å². The minimum atomic E-state index is -0.760. The van der Waals surface area contributed by atoms with Crippen LogP contribution in [0.4, 0.5) is 17.1 Å². The number of hydrogen-bond donors (Lipinski definition) is 2. The third-order valence-corrected chi connectivity index (χ3v) is 6.53. The van der Waals surface area contributed by atoms with Crippen LogP contribution < -0.4 is 15.5 Å². The topological polar surface area (TPSA) is 78.5 Å². The number of imide groups is 1. The summed E-state index contributed by atoms with van der Waals surface area (Å²) in [5.74, 6) is -1.76. The zero-order valence-corrected chi connectivity index (χ0v) is 21.4. The zero-order valence-electron chi connectivity index (χ0n) is 18.4. The summed E-state index contributed by atoms with van der Waals surface area (Å²) in [5.41, 5.74) is 3.56. The number of carbonyl (C=O) groups excluding carboxylic acids is 3. The molecular formula is C25H17Cl4N3O3. The van der Waals surface area contributed by atoms with E-state index >= 15 is 0 Å². The number of halogens is 4. The molecule has 0 aromatic heterocycles. The number of anilines is 3. The molecule has 3 amide bonds. The molecule has 0 atom stereocenters. The number of aryl methyl sites for hydroxylation is 2. The summed E-state index contributed by atoms with van der Waals surface area (Å²) >= 11 is 24.3. The lowest BCUT2D eigenvalue weighted by atomic mass is 10.1. The predicted molar refractivity (Wildman–Crippen MR) is 141 cm³/mol. The summed E-state index contributed by atoms with van der Waals surface area (Å²) < 4.78 is 0. The summed E-state index contributed by atoms with van der Waals surface area (Å²) in [4.78, 5) is 39.2. The fourth-order valence-electron chi connectivity index (χ4n) is 3.61. The molecule has 0 saturated heterocycles. The maximum absolute atomic E-state index is 13.0. The average molecular weight is 549 g/mol. The van der Waals surface area contributed by atoms with Crippen molar-refractivity contribution in [3.63, 3.8) is 0 Å². The zero-order chi connectivity index (χ0) is 25.4. The molecule has 1 aliphatic rings. The lowest BCUT2D eigenvalue weighted by molar-refractivity contribution is -0.120. The van der Waals surface area contributed by atoms with Crippen LogP contribution in [0.15, 0.2) is 65.3 Å². The van der Waals surface area contributed by atoms with Crippen molar-refractivity contribution in [3.05, 3.63) is 97.1 Å². The number of amides is 3. The van der Waals surface area contributed by atoms with Gasteiger partial charge in [-0.15, -0.1) is 0 Å². The Morgan fingerprint density at radius 3 is 1.97 bits per heavy atom. The molecule has 4 rings (SSSR count). The highest BCUT2D eigenvalue weighted by Crippen LogP contribution is 2.38. The Labute approximate surface area is 221 Å². The van der Waals surface area contributed by atoms with E-state index in [0.29, 0.717) is 16.9 Å². The van der Waals surface area contributed by atoms with Crippen LogP contribution in [0, 0.1) is 13.8 Å². The van der Waals surface area contributed by atoms with Gasteiger partial charge in [-0.25, -0.2) is 4.90 Å². The maximum Gasteiger partial charge on any atom is 0.283 e. The molecule has 6 nitrogen and oxygen atoms in total. The fraction of sp³-hybridized carbons (Fsp3) is 0.0800. The molecule has 10 heteroatoms. The highest BCUT2D eigenvalue weighted by atomic mass is 35.5. The van der Waals surface area contributed by atoms with Gasteiger partial charge in [0, 0.05) is 16.9 Å². The van der Waals surface area contributed by atoms with Crippen molar-refractivity contribution in [1.82, 2.24) is 0 Å². The van der Waals surface area contributed by atoms with Crippen molar-refractivity contribution in [3.8, 4) is 0 Å². The van der Waals surface area contributed by atoms with E-state index in [0.717, 1.165) is 16.0 Å². The monoisotopic (exact) mass is 547 g/mol. The van der Waals surface area contributed by atoms with Gasteiger partial charge < -0.3 is 10.6 Å². The predicted octanol–water partition coefficient (Wildman–Crippen LogP) is 6.95. The molecule has 2 N–H and O–H groups in total. The van der Waals surface area contributed by atoms with Crippen molar-refractivity contribution in [1.29, 1.82) is 0 Å². The molecule has 35 heavy (non-hydrogen) atoms. The molecular weight excluding hydrogens is 532 g/mol. The van der Waals surface area contributed by atoms with Crippen molar-refractivity contribution in [2.24, 2.45) is 0 Å². The minimum absolute atomic E-state index is 0.0596. The molecule has 0 bridgehead atoms. The fourth-order valence-corrected chi connectivity index (χ4v) is 4.45. The van der Waals surface area contributed by atoms with Crippen molar-refractivity contribution in [2.45, 2.75) is 13.8 Å². The standard InChI is InChI=1S/C25H17Cl4N3O3/c1-12-7-13(2)9-16(8-12)31-23(33)14-3-5-15(6-4-14)30-22-21(29)24(34)32(25(22)35)20-11-18(27)17(26)10-19(20)28/h3-11,30H,1-2H3,(H,31,33). The van der Waals surface area contributed by atoms with Crippen molar-refractivity contribution in [2.75, 3.05) is 15.5 Å². The quantitative estimate of drug-likeness (QED) is 0.267. The van der Waals surface area contributed by atoms with Crippen LogP contribution in [0.1, 0.15) is 21.5 Å². The first-order valence-corrected chi connectivity index (χ1v) is 11.8. The number of benzene rings is 3. The summed E-state index contributed by atoms with van der Waals surface area (Å²) in [6.07, 6.45) is 0. The van der Waals surface area contributed by atoms with Gasteiger partial charge in [-0.2, -0.15) is 0 Å². The van der Waals surface area contributed by atoms with E-state index in [2.05, 4.69) is 10.6 Å². The number of nitrogens with zero attached hydrogens (tertiary/aromatic N) is 1. The van der Waals surface area contributed by atoms with Crippen molar-refractivity contribution < 1.29 is 14.4 Å². The average Bonchev–Trinajstić information content (AvgIpc) is 2.99. The minimum Gasteiger partial charge on any atom is -0.350 e. The summed E-state index contributed by atoms with van der Waals surface area (Å²) in [6.45, 7) is 3.91. The van der Waals surface area contributed by atoms with Gasteiger partial charge in [-0.3, -0.25) is 14.4 Å². The third-order valence-electron chi connectivity index (χ3n) is 5.15. The Morgan fingerprint density at radius 2 is 1.34 bits per heavy atom. The molecule has 0 unspecified atom stereocenters. The second kappa shape index (κ2) is 9.91. The van der Waals surface area contributed by atoms with E-state index in [1.807, 2.05) is 32.0 Å². The number of rotatable bonds is 5. The molecule has 0 aliphatic carbocycles. The molecule has 0 saturated carbocycles. The summed E-state index contributed by atoms with van der Waals surface area (Å²) in [6, 6.07) is 14.8. The first-order valence-electron chi connectivity index (χ1n) is 10.2. The van der Waals surface area contributed by atoms with Gasteiger partial charge in [0.2, 0.25) is 0 Å². The second-order valence-electron chi connectivity index (χ2n) is 7.89. The van der Waals surface area contributed by atoms with E-state index in [9.17, 15) is 14.4 Å². The number of nitrogens with one attached hydrogen (secondary N) is 2. The van der Waals surface area contributed by atoms with Gasteiger partial charge in [0.05, 0.1) is 20.8 Å². The van der Waals surface area contributed by atoms with Crippen LogP contribution in [0.2, 0.25) is 15.1 Å². The molecule has 0 spiro atoms. The smallest absolute Gasteiger partial charge is 0.283 e. The number of carbonyl (C=O) groups is 3. The highest BCUT2D eigenvalue weighted by Gasteiger charge is 2.40. The molecule has 3 aromatic carbocycles.